The third-order valence-corrected chi connectivity index (χ3v) is 5.41. The number of nitrogens with zero attached hydrogens (tertiary/aromatic N) is 1. The largest absolute Gasteiger partial charge is 0.423 e. The molecule has 0 heterocycles. The van der Waals surface area contributed by atoms with Crippen LogP contribution in [-0.4, -0.2) is 11.9 Å². The molecule has 0 saturated heterocycles. The Kier molecular flexibility index (Phi) is 7.17. The summed E-state index contributed by atoms with van der Waals surface area (Å²) in [5, 5.41) is 8.78. The van der Waals surface area contributed by atoms with E-state index in [1.54, 1.807) is 67.6 Å². The SMILES string of the molecule is Cc1ccc(OC(=O)c2ccc(Cc3ccc(C(=O)Oc4ccc(C#N)c(F)c4)cc3)cc2)cc1F. The molecule has 0 spiro atoms. The average Bonchev–Trinajstić information content (AvgIpc) is 2.87. The maximum atomic E-state index is 13.7. The Bertz CT molecular complexity index is 1470. The van der Waals surface area contributed by atoms with Gasteiger partial charge in [0.2, 0.25) is 0 Å². The predicted octanol–water partition coefficient (Wildman–Crippen LogP) is 6.17. The molecule has 7 heteroatoms. The molecule has 0 aliphatic carbocycles. The van der Waals surface area contributed by atoms with E-state index in [0.29, 0.717) is 17.5 Å². The first-order valence-corrected chi connectivity index (χ1v) is 10.9. The van der Waals surface area contributed by atoms with Crippen molar-refractivity contribution in [3.05, 3.63) is 130 Å². The van der Waals surface area contributed by atoms with Crippen LogP contribution in [0.25, 0.3) is 0 Å². The molecule has 4 rings (SSSR count). The molecule has 4 aromatic rings. The summed E-state index contributed by atoms with van der Waals surface area (Å²) in [5.41, 5.74) is 2.79. The van der Waals surface area contributed by atoms with E-state index in [2.05, 4.69) is 0 Å². The van der Waals surface area contributed by atoms with Crippen molar-refractivity contribution in [2.75, 3.05) is 0 Å². The van der Waals surface area contributed by atoms with E-state index in [9.17, 15) is 18.4 Å². The summed E-state index contributed by atoms with van der Waals surface area (Å²) in [5.74, 6) is -2.31. The van der Waals surface area contributed by atoms with Crippen molar-refractivity contribution < 1.29 is 27.8 Å². The van der Waals surface area contributed by atoms with E-state index < -0.39 is 23.6 Å². The molecule has 0 radical (unpaired) electrons. The lowest BCUT2D eigenvalue weighted by Gasteiger charge is -2.08. The highest BCUT2D eigenvalue weighted by atomic mass is 19.1. The molecule has 0 N–H and O–H groups in total. The molecule has 0 unspecified atom stereocenters. The first kappa shape index (κ1) is 24.3. The fourth-order valence-corrected chi connectivity index (χ4v) is 3.37. The number of hydrogen-bond donors (Lipinski definition) is 0. The van der Waals surface area contributed by atoms with Gasteiger partial charge in [0.1, 0.15) is 29.2 Å². The van der Waals surface area contributed by atoms with Crippen LogP contribution in [0, 0.1) is 29.9 Å². The number of ether oxygens (including phenoxy) is 2. The van der Waals surface area contributed by atoms with Crippen molar-refractivity contribution in [3.63, 3.8) is 0 Å². The fourth-order valence-electron chi connectivity index (χ4n) is 3.37. The molecule has 4 aromatic carbocycles. The monoisotopic (exact) mass is 483 g/mol. The molecule has 0 amide bonds. The zero-order valence-corrected chi connectivity index (χ0v) is 19.1. The third kappa shape index (κ3) is 5.80. The molecule has 0 bridgehead atoms. The maximum absolute atomic E-state index is 13.7. The Balaban J connectivity index is 1.35. The first-order chi connectivity index (χ1) is 17.3. The minimum atomic E-state index is -0.763. The minimum absolute atomic E-state index is 0.00621. The Morgan fingerprint density at radius 1 is 0.722 bits per heavy atom. The molecular weight excluding hydrogens is 464 g/mol. The van der Waals surface area contributed by atoms with E-state index >= 15 is 0 Å². The van der Waals surface area contributed by atoms with Gasteiger partial charge in [-0.3, -0.25) is 0 Å². The van der Waals surface area contributed by atoms with Crippen molar-refractivity contribution in [1.29, 1.82) is 5.26 Å². The second kappa shape index (κ2) is 10.6. The second-order valence-electron chi connectivity index (χ2n) is 8.01. The zero-order valence-electron chi connectivity index (χ0n) is 19.1. The van der Waals surface area contributed by atoms with Gasteiger partial charge in [0, 0.05) is 12.1 Å². The number of halogens is 2. The van der Waals surface area contributed by atoms with Crippen molar-refractivity contribution >= 4 is 11.9 Å². The molecular formula is C29H19F2NO4. The van der Waals surface area contributed by atoms with E-state index in [0.717, 1.165) is 17.2 Å². The number of benzene rings is 4. The van der Waals surface area contributed by atoms with Gasteiger partial charge >= 0.3 is 11.9 Å². The average molecular weight is 483 g/mol. The van der Waals surface area contributed by atoms with Crippen molar-refractivity contribution in [3.8, 4) is 17.6 Å². The quantitative estimate of drug-likeness (QED) is 0.242. The summed E-state index contributed by atoms with van der Waals surface area (Å²) in [7, 11) is 0. The van der Waals surface area contributed by atoms with Crippen molar-refractivity contribution in [1.82, 2.24) is 0 Å². The number of rotatable bonds is 6. The van der Waals surface area contributed by atoms with E-state index in [4.69, 9.17) is 14.7 Å². The van der Waals surface area contributed by atoms with Gasteiger partial charge in [0.05, 0.1) is 16.7 Å². The van der Waals surface area contributed by atoms with Gasteiger partial charge < -0.3 is 9.47 Å². The molecule has 0 fully saturated rings. The maximum Gasteiger partial charge on any atom is 0.343 e. The Labute approximate surface area is 206 Å². The number of nitriles is 1. The van der Waals surface area contributed by atoms with Crippen LogP contribution in [0.3, 0.4) is 0 Å². The number of aryl methyl sites for hydroxylation is 1. The van der Waals surface area contributed by atoms with Gasteiger partial charge in [-0.05, 0) is 72.5 Å². The van der Waals surface area contributed by atoms with Crippen LogP contribution in [0.1, 0.15) is 43.0 Å². The van der Waals surface area contributed by atoms with Gasteiger partial charge in [-0.15, -0.1) is 0 Å². The summed E-state index contributed by atoms with van der Waals surface area (Å²) < 4.78 is 37.8. The number of carbonyl (C=O) groups excluding carboxylic acids is 2. The molecule has 36 heavy (non-hydrogen) atoms. The Morgan fingerprint density at radius 2 is 1.19 bits per heavy atom. The normalized spacial score (nSPS) is 10.4. The topological polar surface area (TPSA) is 76.4 Å². The highest BCUT2D eigenvalue weighted by Crippen LogP contribution is 2.20. The van der Waals surface area contributed by atoms with Crippen LogP contribution in [0.2, 0.25) is 0 Å². The van der Waals surface area contributed by atoms with Crippen LogP contribution in [-0.2, 0) is 6.42 Å². The summed E-state index contributed by atoms with van der Waals surface area (Å²) in [6.07, 6.45) is 0.550. The molecule has 0 aliphatic heterocycles. The summed E-state index contributed by atoms with van der Waals surface area (Å²) in [6, 6.07) is 23.1. The van der Waals surface area contributed by atoms with Gasteiger partial charge in [-0.25, -0.2) is 18.4 Å². The van der Waals surface area contributed by atoms with Gasteiger partial charge in [0.25, 0.3) is 0 Å². The van der Waals surface area contributed by atoms with Gasteiger partial charge in [0.15, 0.2) is 0 Å². The lowest BCUT2D eigenvalue weighted by molar-refractivity contribution is 0.0724. The van der Waals surface area contributed by atoms with Crippen LogP contribution >= 0.6 is 0 Å². The summed E-state index contributed by atoms with van der Waals surface area (Å²) >= 11 is 0. The number of hydrogen-bond acceptors (Lipinski definition) is 5. The molecule has 0 aliphatic rings. The lowest BCUT2D eigenvalue weighted by atomic mass is 10.0. The first-order valence-electron chi connectivity index (χ1n) is 10.9. The molecule has 0 aromatic heterocycles. The predicted molar refractivity (Wildman–Crippen MR) is 128 cm³/mol. The summed E-state index contributed by atoms with van der Waals surface area (Å²) in [6.45, 7) is 1.62. The second-order valence-corrected chi connectivity index (χ2v) is 8.01. The van der Waals surface area contributed by atoms with Gasteiger partial charge in [-0.2, -0.15) is 5.26 Å². The van der Waals surface area contributed by atoms with E-state index in [1.807, 2.05) is 0 Å². The lowest BCUT2D eigenvalue weighted by Crippen LogP contribution is -2.09. The molecule has 5 nitrogen and oxygen atoms in total. The van der Waals surface area contributed by atoms with Crippen LogP contribution in [0.4, 0.5) is 8.78 Å². The molecule has 178 valence electrons. The number of carbonyl (C=O) groups is 2. The molecule has 0 atom stereocenters. The van der Waals surface area contributed by atoms with Crippen LogP contribution < -0.4 is 9.47 Å². The zero-order chi connectivity index (χ0) is 25.7. The smallest absolute Gasteiger partial charge is 0.343 e. The minimum Gasteiger partial charge on any atom is -0.423 e. The van der Waals surface area contributed by atoms with E-state index in [-0.39, 0.29) is 22.6 Å². The van der Waals surface area contributed by atoms with Crippen LogP contribution in [0.15, 0.2) is 84.9 Å². The Hall–Kier alpha value is -4.83. The highest BCUT2D eigenvalue weighted by molar-refractivity contribution is 5.91. The van der Waals surface area contributed by atoms with Crippen molar-refractivity contribution in [2.45, 2.75) is 13.3 Å². The van der Waals surface area contributed by atoms with Crippen LogP contribution in [0.5, 0.6) is 11.5 Å². The number of esters is 2. The van der Waals surface area contributed by atoms with Gasteiger partial charge in [-0.1, -0.05) is 30.3 Å². The molecule has 0 saturated carbocycles. The third-order valence-electron chi connectivity index (χ3n) is 5.41. The van der Waals surface area contributed by atoms with Crippen molar-refractivity contribution in [2.24, 2.45) is 0 Å². The summed E-state index contributed by atoms with van der Waals surface area (Å²) in [4.78, 5) is 24.7. The fraction of sp³-hybridized carbons (Fsp3) is 0.0690. The van der Waals surface area contributed by atoms with E-state index in [1.165, 1.54) is 24.3 Å². The standard InChI is InChI=1S/C29H19F2NO4/c1-18-2-12-24(15-26(18)30)35-28(33)21-7-3-19(4-8-21)14-20-5-9-22(10-6-20)29(34)36-25-13-11-23(17-32)27(31)16-25/h2-13,15-16H,14H2,1H3. The highest BCUT2D eigenvalue weighted by Gasteiger charge is 2.12. The Morgan fingerprint density at radius 3 is 1.64 bits per heavy atom.